The van der Waals surface area contributed by atoms with Crippen molar-refractivity contribution in [2.75, 3.05) is 0 Å². The van der Waals surface area contributed by atoms with E-state index in [1.54, 1.807) is 5.57 Å². The van der Waals surface area contributed by atoms with Crippen molar-refractivity contribution in [1.29, 1.82) is 0 Å². The van der Waals surface area contributed by atoms with Crippen LogP contribution in [0.4, 0.5) is 0 Å². The highest BCUT2D eigenvalue weighted by atomic mass is 14.1. The van der Waals surface area contributed by atoms with Crippen LogP contribution in [0.1, 0.15) is 26.7 Å². The highest BCUT2D eigenvalue weighted by molar-refractivity contribution is 5.24. The summed E-state index contributed by atoms with van der Waals surface area (Å²) in [5.74, 6) is 0.792. The van der Waals surface area contributed by atoms with Crippen LogP contribution in [-0.4, -0.2) is 0 Å². The van der Waals surface area contributed by atoms with Crippen molar-refractivity contribution in [2.45, 2.75) is 26.7 Å². The van der Waals surface area contributed by atoms with Crippen LogP contribution in [0.2, 0.25) is 0 Å². The molecule has 0 N–H and O–H groups in total. The van der Waals surface area contributed by atoms with Crippen molar-refractivity contribution >= 4 is 0 Å². The van der Waals surface area contributed by atoms with E-state index < -0.39 is 0 Å². The lowest BCUT2D eigenvalue weighted by Gasteiger charge is -2.07. The van der Waals surface area contributed by atoms with Crippen molar-refractivity contribution in [2.24, 2.45) is 5.92 Å². The molecule has 50 valence electrons. The Hall–Kier alpha value is -0.520. The second-order valence-electron chi connectivity index (χ2n) is 2.68. The van der Waals surface area contributed by atoms with Crippen LogP contribution < -0.4 is 0 Å². The Morgan fingerprint density at radius 2 is 2.44 bits per heavy atom. The third-order valence-corrected chi connectivity index (χ3v) is 2.05. The average molecular weight is 122 g/mol. The molecular weight excluding hydrogens is 108 g/mol. The standard InChI is InChI=1S/C9H14/c1-3-8(2)9-6-4-5-7-9/h4-6,8H,3,7H2,1-2H3/t8-/m1/s1. The topological polar surface area (TPSA) is 0 Å². The Balaban J connectivity index is 2.45. The molecule has 0 fully saturated rings. The van der Waals surface area contributed by atoms with E-state index in [-0.39, 0.29) is 0 Å². The van der Waals surface area contributed by atoms with Crippen molar-refractivity contribution in [1.82, 2.24) is 0 Å². The van der Waals surface area contributed by atoms with Gasteiger partial charge >= 0.3 is 0 Å². The monoisotopic (exact) mass is 122 g/mol. The van der Waals surface area contributed by atoms with Crippen LogP contribution in [-0.2, 0) is 0 Å². The normalized spacial score (nSPS) is 20.0. The van der Waals surface area contributed by atoms with Crippen molar-refractivity contribution in [3.05, 3.63) is 23.8 Å². The smallest absolute Gasteiger partial charge is 0.0130 e. The fourth-order valence-corrected chi connectivity index (χ4v) is 1.09. The molecule has 0 aromatic heterocycles. The van der Waals surface area contributed by atoms with E-state index in [9.17, 15) is 0 Å². The van der Waals surface area contributed by atoms with E-state index in [0.29, 0.717) is 0 Å². The predicted octanol–water partition coefficient (Wildman–Crippen LogP) is 2.92. The molecule has 1 aliphatic carbocycles. The maximum absolute atomic E-state index is 2.29. The van der Waals surface area contributed by atoms with Gasteiger partial charge in [-0.3, -0.25) is 0 Å². The molecule has 0 nitrogen and oxygen atoms in total. The fourth-order valence-electron chi connectivity index (χ4n) is 1.09. The molecule has 0 saturated heterocycles. The second-order valence-corrected chi connectivity index (χ2v) is 2.68. The Morgan fingerprint density at radius 1 is 1.67 bits per heavy atom. The molecule has 0 bridgehead atoms. The molecule has 1 aliphatic rings. The van der Waals surface area contributed by atoms with Crippen LogP contribution in [0.25, 0.3) is 0 Å². The minimum atomic E-state index is 0.792. The van der Waals surface area contributed by atoms with Gasteiger partial charge in [-0.05, 0) is 18.8 Å². The van der Waals surface area contributed by atoms with Crippen LogP contribution in [0.15, 0.2) is 23.8 Å². The Labute approximate surface area is 57.3 Å². The van der Waals surface area contributed by atoms with Gasteiger partial charge < -0.3 is 0 Å². The van der Waals surface area contributed by atoms with Gasteiger partial charge in [-0.15, -0.1) is 0 Å². The van der Waals surface area contributed by atoms with E-state index in [2.05, 4.69) is 32.1 Å². The third kappa shape index (κ3) is 1.44. The molecule has 0 aliphatic heterocycles. The van der Waals surface area contributed by atoms with Crippen molar-refractivity contribution in [3.63, 3.8) is 0 Å². The van der Waals surface area contributed by atoms with Crippen LogP contribution >= 0.6 is 0 Å². The summed E-state index contributed by atoms with van der Waals surface area (Å²) in [7, 11) is 0. The minimum Gasteiger partial charge on any atom is -0.0805 e. The maximum Gasteiger partial charge on any atom is -0.0130 e. The van der Waals surface area contributed by atoms with E-state index in [1.807, 2.05) is 0 Å². The quantitative estimate of drug-likeness (QED) is 0.528. The summed E-state index contributed by atoms with van der Waals surface area (Å²) in [6.07, 6.45) is 9.08. The molecule has 0 amide bonds. The van der Waals surface area contributed by atoms with Gasteiger partial charge in [0.25, 0.3) is 0 Å². The number of rotatable bonds is 2. The number of hydrogen-bond donors (Lipinski definition) is 0. The number of allylic oxidation sites excluding steroid dienone is 4. The van der Waals surface area contributed by atoms with Gasteiger partial charge in [0, 0.05) is 0 Å². The highest BCUT2D eigenvalue weighted by Crippen LogP contribution is 2.21. The van der Waals surface area contributed by atoms with Gasteiger partial charge in [-0.1, -0.05) is 37.6 Å². The fraction of sp³-hybridized carbons (Fsp3) is 0.556. The summed E-state index contributed by atoms with van der Waals surface area (Å²) < 4.78 is 0. The molecule has 9 heavy (non-hydrogen) atoms. The summed E-state index contributed by atoms with van der Waals surface area (Å²) in [6.45, 7) is 4.53. The van der Waals surface area contributed by atoms with Crippen LogP contribution in [0.5, 0.6) is 0 Å². The van der Waals surface area contributed by atoms with Gasteiger partial charge in [-0.25, -0.2) is 0 Å². The van der Waals surface area contributed by atoms with Crippen LogP contribution in [0.3, 0.4) is 0 Å². The largest absolute Gasteiger partial charge is 0.0805 e. The first-order valence-electron chi connectivity index (χ1n) is 3.70. The third-order valence-electron chi connectivity index (χ3n) is 2.05. The lowest BCUT2D eigenvalue weighted by molar-refractivity contribution is 0.646. The molecule has 1 rings (SSSR count). The van der Waals surface area contributed by atoms with Crippen molar-refractivity contribution in [3.8, 4) is 0 Å². The van der Waals surface area contributed by atoms with E-state index in [4.69, 9.17) is 0 Å². The predicted molar refractivity (Wildman–Crippen MR) is 41.3 cm³/mol. The SMILES string of the molecule is CC[C@@H](C)C1=CC=CC1. The minimum absolute atomic E-state index is 0.792. The molecule has 0 saturated carbocycles. The molecule has 0 unspecified atom stereocenters. The van der Waals surface area contributed by atoms with E-state index in [0.717, 1.165) is 5.92 Å². The zero-order valence-electron chi connectivity index (χ0n) is 6.22. The van der Waals surface area contributed by atoms with Gasteiger partial charge in [0.1, 0.15) is 0 Å². The lowest BCUT2D eigenvalue weighted by Crippen LogP contribution is -1.93. The van der Waals surface area contributed by atoms with Gasteiger partial charge in [0.15, 0.2) is 0 Å². The van der Waals surface area contributed by atoms with Gasteiger partial charge in [0.05, 0.1) is 0 Å². The zero-order chi connectivity index (χ0) is 6.69. The maximum atomic E-state index is 2.29. The van der Waals surface area contributed by atoms with Gasteiger partial charge in [-0.2, -0.15) is 0 Å². The molecule has 0 spiro atoms. The van der Waals surface area contributed by atoms with E-state index in [1.165, 1.54) is 12.8 Å². The summed E-state index contributed by atoms with van der Waals surface area (Å²) >= 11 is 0. The molecule has 0 aromatic rings. The lowest BCUT2D eigenvalue weighted by atomic mass is 9.98. The van der Waals surface area contributed by atoms with Crippen molar-refractivity contribution < 1.29 is 0 Å². The first-order valence-corrected chi connectivity index (χ1v) is 3.70. The number of hydrogen-bond acceptors (Lipinski definition) is 0. The molecule has 0 heteroatoms. The Morgan fingerprint density at radius 3 is 2.89 bits per heavy atom. The highest BCUT2D eigenvalue weighted by Gasteiger charge is 2.05. The summed E-state index contributed by atoms with van der Waals surface area (Å²) in [5.41, 5.74) is 1.59. The van der Waals surface area contributed by atoms with E-state index >= 15 is 0 Å². The first kappa shape index (κ1) is 6.60. The zero-order valence-corrected chi connectivity index (χ0v) is 6.22. The molecule has 0 aromatic carbocycles. The summed E-state index contributed by atoms with van der Waals surface area (Å²) in [5, 5.41) is 0. The molecule has 0 heterocycles. The summed E-state index contributed by atoms with van der Waals surface area (Å²) in [6, 6.07) is 0. The second kappa shape index (κ2) is 2.86. The molecular formula is C9H14. The molecule has 1 atom stereocenters. The first-order chi connectivity index (χ1) is 4.34. The van der Waals surface area contributed by atoms with Gasteiger partial charge in [0.2, 0.25) is 0 Å². The average Bonchev–Trinajstić information content (AvgIpc) is 2.37. The molecule has 0 radical (unpaired) electrons. The Bertz CT molecular complexity index is 140. The summed E-state index contributed by atoms with van der Waals surface area (Å²) in [4.78, 5) is 0. The Kier molecular flexibility index (Phi) is 2.10. The van der Waals surface area contributed by atoms with Crippen LogP contribution in [0, 0.1) is 5.92 Å².